The van der Waals surface area contributed by atoms with Crippen molar-refractivity contribution in [3.8, 4) is 0 Å². The van der Waals surface area contributed by atoms with Crippen molar-refractivity contribution in [2.24, 2.45) is 0 Å². The lowest BCUT2D eigenvalue weighted by molar-refractivity contribution is 0.0527. The molecule has 1 amide bonds. The Labute approximate surface area is 146 Å². The van der Waals surface area contributed by atoms with Gasteiger partial charge < -0.3 is 9.47 Å². The third-order valence-corrected chi connectivity index (χ3v) is 3.89. The van der Waals surface area contributed by atoms with E-state index in [1.165, 1.54) is 17.0 Å². The number of anilines is 1. The highest BCUT2D eigenvalue weighted by atomic mass is 35.5. The summed E-state index contributed by atoms with van der Waals surface area (Å²) in [7, 11) is 0. The van der Waals surface area contributed by atoms with Gasteiger partial charge in [-0.15, -0.1) is 0 Å². The summed E-state index contributed by atoms with van der Waals surface area (Å²) in [6.07, 6.45) is 1.10. The molecule has 0 radical (unpaired) electrons. The van der Waals surface area contributed by atoms with Gasteiger partial charge in [-0.05, 0) is 32.4 Å². The maximum absolute atomic E-state index is 12.3. The van der Waals surface area contributed by atoms with E-state index in [9.17, 15) is 9.59 Å². The van der Waals surface area contributed by atoms with Crippen LogP contribution in [0.3, 0.4) is 0 Å². The second-order valence-corrected chi connectivity index (χ2v) is 5.48. The molecule has 23 heavy (non-hydrogen) atoms. The fourth-order valence-corrected chi connectivity index (χ4v) is 2.36. The topological polar surface area (TPSA) is 55.8 Å². The molecule has 7 heteroatoms. The Morgan fingerprint density at radius 3 is 2.39 bits per heavy atom. The Morgan fingerprint density at radius 1 is 1.13 bits per heavy atom. The summed E-state index contributed by atoms with van der Waals surface area (Å²) < 4.78 is 10.2. The van der Waals surface area contributed by atoms with E-state index >= 15 is 0 Å². The number of amides is 1. The molecule has 0 heterocycles. The van der Waals surface area contributed by atoms with E-state index in [-0.39, 0.29) is 34.4 Å². The minimum Gasteiger partial charge on any atom is -0.462 e. The van der Waals surface area contributed by atoms with Gasteiger partial charge in [0.05, 0.1) is 34.5 Å². The summed E-state index contributed by atoms with van der Waals surface area (Å²) in [6.45, 7) is 6.25. The molecule has 0 aliphatic heterocycles. The molecule has 1 aromatic rings. The zero-order valence-electron chi connectivity index (χ0n) is 13.5. The number of hydrogen-bond donors (Lipinski definition) is 0. The van der Waals surface area contributed by atoms with Gasteiger partial charge in [-0.3, -0.25) is 4.90 Å². The van der Waals surface area contributed by atoms with Crippen LogP contribution in [0.1, 0.15) is 44.0 Å². The summed E-state index contributed by atoms with van der Waals surface area (Å²) in [6, 6.07) is 2.99. The maximum Gasteiger partial charge on any atom is 0.414 e. The third kappa shape index (κ3) is 5.01. The van der Waals surface area contributed by atoms with Gasteiger partial charge in [-0.25, -0.2) is 9.59 Å². The minimum atomic E-state index is -0.573. The standard InChI is InChI=1S/C16H21Cl2NO4/c1-4-7-10-23-16(21)19(5-2)14-11(15(20)22-6-3)8-9-12(17)13(14)18/h8-9H,4-7,10H2,1-3H3. The maximum atomic E-state index is 12.3. The summed E-state index contributed by atoms with van der Waals surface area (Å²) in [5.74, 6) is -0.569. The molecule has 0 atom stereocenters. The van der Waals surface area contributed by atoms with Crippen molar-refractivity contribution < 1.29 is 19.1 Å². The minimum absolute atomic E-state index is 0.117. The van der Waals surface area contributed by atoms with Crippen LogP contribution in [-0.4, -0.2) is 31.8 Å². The molecule has 0 unspecified atom stereocenters. The second-order valence-electron chi connectivity index (χ2n) is 4.69. The van der Waals surface area contributed by atoms with Crippen LogP contribution in [0.4, 0.5) is 10.5 Å². The number of benzene rings is 1. The van der Waals surface area contributed by atoms with Crippen molar-refractivity contribution in [1.29, 1.82) is 0 Å². The number of unbranched alkanes of at least 4 members (excludes halogenated alkanes) is 1. The van der Waals surface area contributed by atoms with Crippen LogP contribution in [0.15, 0.2) is 12.1 Å². The monoisotopic (exact) mass is 361 g/mol. The molecule has 128 valence electrons. The quantitative estimate of drug-likeness (QED) is 0.510. The van der Waals surface area contributed by atoms with Crippen LogP contribution in [0.5, 0.6) is 0 Å². The summed E-state index contributed by atoms with van der Waals surface area (Å²) >= 11 is 12.3. The first-order valence-electron chi connectivity index (χ1n) is 7.57. The van der Waals surface area contributed by atoms with Crippen molar-refractivity contribution in [3.05, 3.63) is 27.7 Å². The zero-order valence-corrected chi connectivity index (χ0v) is 15.0. The molecule has 0 aliphatic carbocycles. The third-order valence-electron chi connectivity index (χ3n) is 3.09. The number of ether oxygens (including phenoxy) is 2. The number of carbonyl (C=O) groups is 2. The highest BCUT2D eigenvalue weighted by Gasteiger charge is 2.26. The van der Waals surface area contributed by atoms with Gasteiger partial charge in [-0.2, -0.15) is 0 Å². The molecule has 5 nitrogen and oxygen atoms in total. The summed E-state index contributed by atoms with van der Waals surface area (Å²) in [4.78, 5) is 25.7. The van der Waals surface area contributed by atoms with Crippen molar-refractivity contribution in [1.82, 2.24) is 0 Å². The van der Waals surface area contributed by atoms with Crippen LogP contribution >= 0.6 is 23.2 Å². The predicted molar refractivity (Wildman–Crippen MR) is 91.7 cm³/mol. The SMILES string of the molecule is CCCCOC(=O)N(CC)c1c(C(=O)OCC)ccc(Cl)c1Cl. The van der Waals surface area contributed by atoms with E-state index in [4.69, 9.17) is 32.7 Å². The Kier molecular flexibility index (Phi) is 8.20. The molecule has 1 rings (SSSR count). The molecule has 0 aromatic heterocycles. The fraction of sp³-hybridized carbons (Fsp3) is 0.500. The van der Waals surface area contributed by atoms with Gasteiger partial charge in [-0.1, -0.05) is 36.5 Å². The summed E-state index contributed by atoms with van der Waals surface area (Å²) in [5, 5.41) is 0.362. The molecular formula is C16H21Cl2NO4. The highest BCUT2D eigenvalue weighted by molar-refractivity contribution is 6.44. The number of nitrogens with zero attached hydrogens (tertiary/aromatic N) is 1. The van der Waals surface area contributed by atoms with Crippen molar-refractivity contribution >= 4 is 41.0 Å². The fourth-order valence-electron chi connectivity index (χ4n) is 1.94. The first kappa shape index (κ1) is 19.6. The molecule has 0 aliphatic rings. The summed E-state index contributed by atoms with van der Waals surface area (Å²) in [5.41, 5.74) is 0.386. The van der Waals surface area contributed by atoms with Gasteiger partial charge in [0.25, 0.3) is 0 Å². The van der Waals surface area contributed by atoms with Crippen molar-refractivity contribution in [3.63, 3.8) is 0 Å². The smallest absolute Gasteiger partial charge is 0.414 e. The van der Waals surface area contributed by atoms with E-state index in [1.807, 2.05) is 6.92 Å². The van der Waals surface area contributed by atoms with Crippen LogP contribution in [-0.2, 0) is 9.47 Å². The van der Waals surface area contributed by atoms with Crippen molar-refractivity contribution in [2.45, 2.75) is 33.6 Å². The molecule has 0 saturated carbocycles. The lowest BCUT2D eigenvalue weighted by atomic mass is 10.1. The van der Waals surface area contributed by atoms with E-state index < -0.39 is 12.1 Å². The van der Waals surface area contributed by atoms with E-state index in [0.29, 0.717) is 6.61 Å². The van der Waals surface area contributed by atoms with Gasteiger partial charge in [0.2, 0.25) is 0 Å². The van der Waals surface area contributed by atoms with Crippen molar-refractivity contribution in [2.75, 3.05) is 24.7 Å². The van der Waals surface area contributed by atoms with Gasteiger partial charge in [0, 0.05) is 6.54 Å². The lowest BCUT2D eigenvalue weighted by Gasteiger charge is -2.24. The first-order valence-corrected chi connectivity index (χ1v) is 8.32. The molecule has 0 spiro atoms. The molecule has 0 bridgehead atoms. The highest BCUT2D eigenvalue weighted by Crippen LogP contribution is 2.36. The van der Waals surface area contributed by atoms with Gasteiger partial charge in [0.1, 0.15) is 0 Å². The van der Waals surface area contributed by atoms with Crippen LogP contribution in [0, 0.1) is 0 Å². The van der Waals surface area contributed by atoms with E-state index in [0.717, 1.165) is 12.8 Å². The largest absolute Gasteiger partial charge is 0.462 e. The average Bonchev–Trinajstić information content (AvgIpc) is 2.52. The Balaban J connectivity index is 3.22. The van der Waals surface area contributed by atoms with Crippen LogP contribution in [0.2, 0.25) is 10.0 Å². The second kappa shape index (κ2) is 9.63. The lowest BCUT2D eigenvalue weighted by Crippen LogP contribution is -2.33. The first-order chi connectivity index (χ1) is 11.0. The van der Waals surface area contributed by atoms with Crippen LogP contribution in [0.25, 0.3) is 0 Å². The number of carbonyl (C=O) groups excluding carboxylic acids is 2. The number of halogens is 2. The predicted octanol–water partition coefficient (Wildman–Crippen LogP) is 4.93. The zero-order chi connectivity index (χ0) is 17.4. The van der Waals surface area contributed by atoms with Crippen LogP contribution < -0.4 is 4.90 Å². The average molecular weight is 362 g/mol. The Bertz CT molecular complexity index is 563. The normalized spacial score (nSPS) is 10.3. The number of rotatable bonds is 7. The molecule has 0 fully saturated rings. The Hall–Kier alpha value is -1.46. The van der Waals surface area contributed by atoms with E-state index in [1.54, 1.807) is 13.8 Å². The molecule has 1 aromatic carbocycles. The number of hydrogen-bond acceptors (Lipinski definition) is 4. The molecule has 0 saturated heterocycles. The number of esters is 1. The Morgan fingerprint density at radius 2 is 1.83 bits per heavy atom. The van der Waals surface area contributed by atoms with Gasteiger partial charge in [0.15, 0.2) is 0 Å². The van der Waals surface area contributed by atoms with Gasteiger partial charge >= 0.3 is 12.1 Å². The molecular weight excluding hydrogens is 341 g/mol. The van der Waals surface area contributed by atoms with E-state index in [2.05, 4.69) is 0 Å². The molecule has 0 N–H and O–H groups in total.